The van der Waals surface area contributed by atoms with Gasteiger partial charge in [-0.2, -0.15) is 0 Å². The van der Waals surface area contributed by atoms with Gasteiger partial charge in [0.25, 0.3) is 0 Å². The standard InChI is InChI=1S/C40H29FN2O4/c41-29-22-19-26(20-23-29)36(44)34-35(38(45)47-37(27-12-3-1-4-13-27)28-14-5-2-6-15-28)43-32-18-10-7-11-25(32)21-24-33(43)40(34)30-16-8-9-17-31(30)42-39(40)46/h1-24,33-35,37H,(H,42,46)/t33-,34+,35-,40-/m0/s1. The molecule has 3 heterocycles. The number of hydrogen-bond donors (Lipinski definition) is 1. The SMILES string of the molecule is O=C(OC(c1ccccc1)c1ccccc1)[C@@H]1[C@H](C(=O)c2ccc(F)cc2)[C@@]2(C(=O)Nc3ccccc32)[C@@H]2C=Cc3ccccc3N12. The molecule has 4 atom stereocenters. The second-order valence-electron chi connectivity index (χ2n) is 12.1. The van der Waals surface area contributed by atoms with Crippen LogP contribution in [0.15, 0.2) is 140 Å². The van der Waals surface area contributed by atoms with Crippen molar-refractivity contribution < 1.29 is 23.5 Å². The zero-order chi connectivity index (χ0) is 32.1. The van der Waals surface area contributed by atoms with E-state index < -0.39 is 47.1 Å². The third-order valence-electron chi connectivity index (χ3n) is 9.63. The molecule has 1 spiro atoms. The van der Waals surface area contributed by atoms with Crippen LogP contribution in [0.3, 0.4) is 0 Å². The Bertz CT molecular complexity index is 2010. The van der Waals surface area contributed by atoms with Crippen molar-refractivity contribution in [3.05, 3.63) is 173 Å². The highest BCUT2D eigenvalue weighted by atomic mass is 19.1. The molecule has 47 heavy (non-hydrogen) atoms. The molecule has 1 saturated heterocycles. The number of rotatable bonds is 6. The van der Waals surface area contributed by atoms with E-state index >= 15 is 0 Å². The molecule has 3 aliphatic rings. The van der Waals surface area contributed by atoms with E-state index in [1.54, 1.807) is 6.07 Å². The molecule has 1 amide bonds. The fraction of sp³-hybridized carbons (Fsp3) is 0.125. The molecule has 0 saturated carbocycles. The summed E-state index contributed by atoms with van der Waals surface area (Å²) in [5, 5.41) is 3.02. The highest BCUT2D eigenvalue weighted by molar-refractivity contribution is 6.16. The van der Waals surface area contributed by atoms with Crippen molar-refractivity contribution in [3.63, 3.8) is 0 Å². The molecule has 3 aliphatic heterocycles. The molecule has 0 aromatic heterocycles. The highest BCUT2D eigenvalue weighted by Gasteiger charge is 2.71. The van der Waals surface area contributed by atoms with Gasteiger partial charge in [-0.3, -0.25) is 9.59 Å². The van der Waals surface area contributed by atoms with E-state index in [0.29, 0.717) is 16.9 Å². The van der Waals surface area contributed by atoms with E-state index in [9.17, 15) is 18.8 Å². The zero-order valence-electron chi connectivity index (χ0n) is 25.1. The number of amides is 1. The van der Waals surface area contributed by atoms with Crippen molar-refractivity contribution in [2.24, 2.45) is 5.92 Å². The molecule has 1 fully saturated rings. The Hall–Kier alpha value is -5.82. The molecule has 5 aromatic carbocycles. The van der Waals surface area contributed by atoms with E-state index in [4.69, 9.17) is 4.74 Å². The molecule has 0 bridgehead atoms. The monoisotopic (exact) mass is 620 g/mol. The predicted octanol–water partition coefficient (Wildman–Crippen LogP) is 7.13. The Morgan fingerprint density at radius 3 is 2.09 bits per heavy atom. The van der Waals surface area contributed by atoms with Crippen LogP contribution in [-0.4, -0.2) is 29.7 Å². The van der Waals surface area contributed by atoms with Crippen LogP contribution in [0, 0.1) is 11.7 Å². The summed E-state index contributed by atoms with van der Waals surface area (Å²) in [7, 11) is 0. The van der Waals surface area contributed by atoms with Gasteiger partial charge >= 0.3 is 5.97 Å². The molecular weight excluding hydrogens is 591 g/mol. The summed E-state index contributed by atoms with van der Waals surface area (Å²) in [6.07, 6.45) is 3.08. The molecule has 6 nitrogen and oxygen atoms in total. The van der Waals surface area contributed by atoms with Crippen LogP contribution >= 0.6 is 0 Å². The Labute approximate surface area is 271 Å². The first-order valence-corrected chi connectivity index (χ1v) is 15.5. The van der Waals surface area contributed by atoms with Crippen molar-refractivity contribution >= 4 is 35.1 Å². The second-order valence-corrected chi connectivity index (χ2v) is 12.1. The number of ketones is 1. The number of fused-ring (bicyclic) bond motifs is 6. The number of para-hydroxylation sites is 2. The summed E-state index contributed by atoms with van der Waals surface area (Å²) in [6.45, 7) is 0. The first-order chi connectivity index (χ1) is 23.0. The van der Waals surface area contributed by atoms with Gasteiger partial charge in [-0.05, 0) is 58.7 Å². The zero-order valence-corrected chi connectivity index (χ0v) is 25.1. The number of ether oxygens (including phenoxy) is 1. The minimum atomic E-state index is -1.50. The quantitative estimate of drug-likeness (QED) is 0.162. The first kappa shape index (κ1) is 28.6. The average Bonchev–Trinajstić information content (AvgIpc) is 3.60. The molecular formula is C40H29FN2O4. The number of carbonyl (C=O) groups is 3. The van der Waals surface area contributed by atoms with Gasteiger partial charge in [0, 0.05) is 16.9 Å². The average molecular weight is 621 g/mol. The van der Waals surface area contributed by atoms with Crippen LogP contribution in [0.25, 0.3) is 6.08 Å². The largest absolute Gasteiger partial charge is 0.451 e. The molecule has 5 aromatic rings. The predicted molar refractivity (Wildman–Crippen MR) is 177 cm³/mol. The van der Waals surface area contributed by atoms with Crippen molar-refractivity contribution in [1.29, 1.82) is 0 Å². The maximum Gasteiger partial charge on any atom is 0.330 e. The van der Waals surface area contributed by atoms with E-state index in [-0.39, 0.29) is 11.5 Å². The smallest absolute Gasteiger partial charge is 0.330 e. The van der Waals surface area contributed by atoms with Crippen LogP contribution in [0.5, 0.6) is 0 Å². The molecule has 7 heteroatoms. The second kappa shape index (κ2) is 11.2. The number of benzene rings is 5. The van der Waals surface area contributed by atoms with Crippen LogP contribution in [-0.2, 0) is 19.7 Å². The topological polar surface area (TPSA) is 75.7 Å². The van der Waals surface area contributed by atoms with Gasteiger partial charge in [-0.1, -0.05) is 109 Å². The van der Waals surface area contributed by atoms with E-state index in [1.165, 1.54) is 24.3 Å². The number of hydrogen-bond acceptors (Lipinski definition) is 5. The molecule has 8 rings (SSSR count). The summed E-state index contributed by atoms with van der Waals surface area (Å²) < 4.78 is 20.6. The number of anilines is 2. The van der Waals surface area contributed by atoms with Gasteiger partial charge in [0.15, 0.2) is 11.9 Å². The van der Waals surface area contributed by atoms with Crippen molar-refractivity contribution in [2.75, 3.05) is 10.2 Å². The van der Waals surface area contributed by atoms with Crippen molar-refractivity contribution in [3.8, 4) is 0 Å². The van der Waals surface area contributed by atoms with Gasteiger partial charge in [0.2, 0.25) is 5.91 Å². The Morgan fingerprint density at radius 2 is 1.38 bits per heavy atom. The van der Waals surface area contributed by atoms with Gasteiger partial charge in [0.1, 0.15) is 17.3 Å². The summed E-state index contributed by atoms with van der Waals surface area (Å²) in [4.78, 5) is 46.3. The Morgan fingerprint density at radius 1 is 0.766 bits per heavy atom. The van der Waals surface area contributed by atoms with E-state index in [0.717, 1.165) is 16.7 Å². The lowest BCUT2D eigenvalue weighted by atomic mass is 9.64. The summed E-state index contributed by atoms with van der Waals surface area (Å²) in [5.41, 5.74) is 3.01. The van der Waals surface area contributed by atoms with Crippen LogP contribution in [0.2, 0.25) is 0 Å². The van der Waals surface area contributed by atoms with Crippen LogP contribution in [0.4, 0.5) is 15.8 Å². The molecule has 0 unspecified atom stereocenters. The van der Waals surface area contributed by atoms with E-state index in [2.05, 4.69) is 5.32 Å². The Kier molecular flexibility index (Phi) is 6.83. The molecule has 0 radical (unpaired) electrons. The molecule has 230 valence electrons. The summed E-state index contributed by atoms with van der Waals surface area (Å²) in [5.74, 6) is -3.19. The first-order valence-electron chi connectivity index (χ1n) is 15.5. The lowest BCUT2D eigenvalue weighted by Gasteiger charge is -2.37. The fourth-order valence-corrected chi connectivity index (χ4v) is 7.66. The lowest BCUT2D eigenvalue weighted by Crippen LogP contribution is -2.51. The van der Waals surface area contributed by atoms with E-state index in [1.807, 2.05) is 120 Å². The van der Waals surface area contributed by atoms with Crippen molar-refractivity contribution in [2.45, 2.75) is 23.6 Å². The van der Waals surface area contributed by atoms with Gasteiger partial charge in [-0.15, -0.1) is 0 Å². The fourth-order valence-electron chi connectivity index (χ4n) is 7.66. The van der Waals surface area contributed by atoms with Gasteiger partial charge in [-0.25, -0.2) is 9.18 Å². The molecule has 1 N–H and O–H groups in total. The van der Waals surface area contributed by atoms with Crippen LogP contribution in [0.1, 0.15) is 38.7 Å². The van der Waals surface area contributed by atoms with Gasteiger partial charge in [0.05, 0.1) is 12.0 Å². The molecule has 0 aliphatic carbocycles. The number of nitrogens with zero attached hydrogens (tertiary/aromatic N) is 1. The highest BCUT2D eigenvalue weighted by Crippen LogP contribution is 2.58. The third kappa shape index (κ3) is 4.41. The number of carbonyl (C=O) groups excluding carboxylic acids is 3. The summed E-state index contributed by atoms with van der Waals surface area (Å²) >= 11 is 0. The third-order valence-corrected chi connectivity index (χ3v) is 9.63. The number of esters is 1. The lowest BCUT2D eigenvalue weighted by molar-refractivity contribution is -0.150. The maximum atomic E-state index is 15.0. The minimum Gasteiger partial charge on any atom is -0.451 e. The maximum absolute atomic E-state index is 15.0. The Balaban J connectivity index is 1.35. The number of nitrogens with one attached hydrogen (secondary N) is 1. The van der Waals surface area contributed by atoms with Crippen LogP contribution < -0.4 is 10.2 Å². The van der Waals surface area contributed by atoms with Gasteiger partial charge < -0.3 is 15.0 Å². The number of Topliss-reactive ketones (excluding diaryl/α,β-unsaturated/α-hetero) is 1. The summed E-state index contributed by atoms with van der Waals surface area (Å²) in [6, 6.07) is 37.1. The van der Waals surface area contributed by atoms with Crippen molar-refractivity contribution in [1.82, 2.24) is 0 Å². The minimum absolute atomic E-state index is 0.200. The number of halogens is 1. The normalized spacial score (nSPS) is 22.0.